The number of ether oxygens (including phenoxy) is 1. The molecule has 0 atom stereocenters. The van der Waals surface area contributed by atoms with E-state index in [0.717, 1.165) is 12.8 Å². The molecule has 0 unspecified atom stereocenters. The quantitative estimate of drug-likeness (QED) is 0.785. The smallest absolute Gasteiger partial charge is 0.328 e. The fraction of sp³-hybridized carbons (Fsp3) is 0.500. The summed E-state index contributed by atoms with van der Waals surface area (Å²) in [5.74, 6) is 0.215. The van der Waals surface area contributed by atoms with Crippen molar-refractivity contribution in [1.29, 1.82) is 0 Å². The first-order valence-corrected chi connectivity index (χ1v) is 9.64. The molecule has 1 aliphatic carbocycles. The molecule has 1 aromatic heterocycles. The normalized spacial score (nSPS) is 19.7. The van der Waals surface area contributed by atoms with E-state index in [9.17, 15) is 18.0 Å². The van der Waals surface area contributed by atoms with Gasteiger partial charge in [0.05, 0.1) is 29.0 Å². The summed E-state index contributed by atoms with van der Waals surface area (Å²) in [5.41, 5.74) is -1.06. The van der Waals surface area contributed by atoms with Gasteiger partial charge < -0.3 is 4.74 Å². The zero-order valence-corrected chi connectivity index (χ0v) is 14.6. The fourth-order valence-electron chi connectivity index (χ4n) is 2.94. The Hall–Kier alpha value is -1.97. The third-order valence-electron chi connectivity index (χ3n) is 4.81. The standard InChI is InChI=1S/C16H19N3O5S/c1-16(4-5-16)18-25(22,23)11-2-3-13-12(6-11)14(20)17-15(21)19(13)7-10-8-24-9-10/h2-3,6,10,18H,4-5,7-9H2,1H3,(H,17,20,21). The van der Waals surface area contributed by atoms with Crippen molar-refractivity contribution in [2.24, 2.45) is 5.92 Å². The zero-order chi connectivity index (χ0) is 17.8. The van der Waals surface area contributed by atoms with Crippen LogP contribution in [0.15, 0.2) is 32.7 Å². The van der Waals surface area contributed by atoms with E-state index in [2.05, 4.69) is 9.71 Å². The molecule has 4 rings (SSSR count). The van der Waals surface area contributed by atoms with E-state index in [0.29, 0.717) is 25.3 Å². The Morgan fingerprint density at radius 3 is 2.64 bits per heavy atom. The Balaban J connectivity index is 1.80. The molecule has 2 fully saturated rings. The van der Waals surface area contributed by atoms with Crippen LogP contribution in [-0.2, 0) is 21.3 Å². The van der Waals surface area contributed by atoms with Crippen LogP contribution in [0.1, 0.15) is 19.8 Å². The second-order valence-corrected chi connectivity index (χ2v) is 8.80. The molecule has 25 heavy (non-hydrogen) atoms. The van der Waals surface area contributed by atoms with Crippen molar-refractivity contribution in [1.82, 2.24) is 14.3 Å². The molecule has 2 N–H and O–H groups in total. The second-order valence-electron chi connectivity index (χ2n) is 7.12. The van der Waals surface area contributed by atoms with Crippen molar-refractivity contribution in [2.45, 2.75) is 36.7 Å². The Morgan fingerprint density at radius 2 is 2.04 bits per heavy atom. The summed E-state index contributed by atoms with van der Waals surface area (Å²) in [6.45, 7) is 3.41. The number of aromatic amines is 1. The molecule has 2 heterocycles. The molecule has 2 aromatic rings. The Labute approximate surface area is 143 Å². The third-order valence-corrected chi connectivity index (χ3v) is 6.44. The summed E-state index contributed by atoms with van der Waals surface area (Å²) in [4.78, 5) is 26.6. The van der Waals surface area contributed by atoms with Gasteiger partial charge in [0.1, 0.15) is 0 Å². The number of hydrogen-bond acceptors (Lipinski definition) is 5. The largest absolute Gasteiger partial charge is 0.381 e. The van der Waals surface area contributed by atoms with Gasteiger partial charge in [-0.1, -0.05) is 0 Å². The molecule has 2 aliphatic rings. The average Bonchev–Trinajstić information content (AvgIpc) is 3.21. The van der Waals surface area contributed by atoms with E-state index in [1.807, 2.05) is 6.92 Å². The topological polar surface area (TPSA) is 110 Å². The fourth-order valence-corrected chi connectivity index (χ4v) is 4.43. The Bertz CT molecular complexity index is 1060. The van der Waals surface area contributed by atoms with Crippen molar-refractivity contribution in [3.8, 4) is 0 Å². The Kier molecular flexibility index (Phi) is 3.64. The maximum atomic E-state index is 12.5. The van der Waals surface area contributed by atoms with E-state index in [4.69, 9.17) is 4.74 Å². The van der Waals surface area contributed by atoms with Gasteiger partial charge in [0.15, 0.2) is 0 Å². The number of hydrogen-bond donors (Lipinski definition) is 2. The summed E-state index contributed by atoms with van der Waals surface area (Å²) >= 11 is 0. The lowest BCUT2D eigenvalue weighted by atomic mass is 10.1. The number of aromatic nitrogens is 2. The van der Waals surface area contributed by atoms with E-state index >= 15 is 0 Å². The van der Waals surface area contributed by atoms with Gasteiger partial charge in [0, 0.05) is 18.0 Å². The molecule has 1 saturated heterocycles. The SMILES string of the molecule is CC1(NS(=O)(=O)c2ccc3c(c2)c(=O)[nH]c(=O)n3CC2COC2)CC1. The summed E-state index contributed by atoms with van der Waals surface area (Å²) in [6, 6.07) is 4.29. The third kappa shape index (κ3) is 3.03. The van der Waals surface area contributed by atoms with Gasteiger partial charge in [-0.15, -0.1) is 0 Å². The molecular formula is C16H19N3O5S. The number of rotatable bonds is 5. The van der Waals surface area contributed by atoms with Crippen LogP contribution in [0.25, 0.3) is 10.9 Å². The second kappa shape index (κ2) is 5.52. The maximum absolute atomic E-state index is 12.5. The minimum Gasteiger partial charge on any atom is -0.381 e. The van der Waals surface area contributed by atoms with Crippen LogP contribution in [0.2, 0.25) is 0 Å². The van der Waals surface area contributed by atoms with Crippen molar-refractivity contribution in [3.63, 3.8) is 0 Å². The van der Waals surface area contributed by atoms with Gasteiger partial charge in [-0.05, 0) is 38.0 Å². The summed E-state index contributed by atoms with van der Waals surface area (Å²) in [5, 5.41) is 0.184. The van der Waals surface area contributed by atoms with E-state index in [-0.39, 0.29) is 16.2 Å². The predicted molar refractivity (Wildman–Crippen MR) is 91.1 cm³/mol. The molecule has 0 spiro atoms. The summed E-state index contributed by atoms with van der Waals surface area (Å²) in [7, 11) is -3.71. The summed E-state index contributed by atoms with van der Waals surface area (Å²) < 4.78 is 34.3. The number of benzene rings is 1. The Morgan fingerprint density at radius 1 is 1.32 bits per heavy atom. The number of nitrogens with zero attached hydrogens (tertiary/aromatic N) is 1. The van der Waals surface area contributed by atoms with Gasteiger partial charge >= 0.3 is 5.69 Å². The highest BCUT2D eigenvalue weighted by Gasteiger charge is 2.41. The number of sulfonamides is 1. The highest BCUT2D eigenvalue weighted by molar-refractivity contribution is 7.89. The van der Waals surface area contributed by atoms with Gasteiger partial charge in [-0.25, -0.2) is 17.9 Å². The highest BCUT2D eigenvalue weighted by atomic mass is 32.2. The molecule has 8 nitrogen and oxygen atoms in total. The van der Waals surface area contributed by atoms with Crippen LogP contribution in [0.3, 0.4) is 0 Å². The lowest BCUT2D eigenvalue weighted by Gasteiger charge is -2.26. The van der Waals surface area contributed by atoms with Crippen LogP contribution in [0, 0.1) is 5.92 Å². The molecule has 0 amide bonds. The molecular weight excluding hydrogens is 346 g/mol. The van der Waals surface area contributed by atoms with Crippen LogP contribution in [0.5, 0.6) is 0 Å². The van der Waals surface area contributed by atoms with E-state index in [1.54, 1.807) is 0 Å². The molecule has 1 aliphatic heterocycles. The van der Waals surface area contributed by atoms with Gasteiger partial charge in [-0.2, -0.15) is 0 Å². The maximum Gasteiger partial charge on any atom is 0.328 e. The predicted octanol–water partition coefficient (Wildman–Crippen LogP) is 0.167. The zero-order valence-electron chi connectivity index (χ0n) is 13.7. The van der Waals surface area contributed by atoms with Gasteiger partial charge in [0.2, 0.25) is 10.0 Å². The first-order chi connectivity index (χ1) is 11.8. The lowest BCUT2D eigenvalue weighted by Crippen LogP contribution is -2.38. The summed E-state index contributed by atoms with van der Waals surface area (Å²) in [6.07, 6.45) is 1.59. The van der Waals surface area contributed by atoms with Crippen LogP contribution < -0.4 is 16.0 Å². The lowest BCUT2D eigenvalue weighted by molar-refractivity contribution is -0.0394. The van der Waals surface area contributed by atoms with Crippen LogP contribution in [-0.4, -0.2) is 36.7 Å². The minimum atomic E-state index is -3.71. The van der Waals surface area contributed by atoms with Gasteiger partial charge in [-0.3, -0.25) is 14.3 Å². The van der Waals surface area contributed by atoms with Crippen molar-refractivity contribution >= 4 is 20.9 Å². The first kappa shape index (κ1) is 16.5. The molecule has 9 heteroatoms. The van der Waals surface area contributed by atoms with E-state index < -0.39 is 26.8 Å². The van der Waals surface area contributed by atoms with Gasteiger partial charge in [0.25, 0.3) is 5.56 Å². The molecule has 134 valence electrons. The average molecular weight is 365 g/mol. The van der Waals surface area contributed by atoms with E-state index in [1.165, 1.54) is 22.8 Å². The monoisotopic (exact) mass is 365 g/mol. The molecule has 1 aromatic carbocycles. The number of H-pyrrole nitrogens is 1. The molecule has 1 saturated carbocycles. The molecule has 0 radical (unpaired) electrons. The minimum absolute atomic E-state index is 0.0239. The van der Waals surface area contributed by atoms with Crippen molar-refractivity contribution < 1.29 is 13.2 Å². The number of nitrogens with one attached hydrogen (secondary N) is 2. The molecule has 0 bridgehead atoms. The van der Waals surface area contributed by atoms with Crippen LogP contribution >= 0.6 is 0 Å². The van der Waals surface area contributed by atoms with Crippen molar-refractivity contribution in [2.75, 3.05) is 13.2 Å². The van der Waals surface area contributed by atoms with Crippen LogP contribution in [0.4, 0.5) is 0 Å². The first-order valence-electron chi connectivity index (χ1n) is 8.16. The van der Waals surface area contributed by atoms with Crippen molar-refractivity contribution in [3.05, 3.63) is 39.0 Å². The highest BCUT2D eigenvalue weighted by Crippen LogP contribution is 2.36. The number of fused-ring (bicyclic) bond motifs is 1.